The molecule has 2 aliphatic carbocycles. The number of benzene rings is 1. The summed E-state index contributed by atoms with van der Waals surface area (Å²) < 4.78 is 0. The zero-order valence-corrected chi connectivity index (χ0v) is 12.8. The number of fused-ring (bicyclic) bond motifs is 2. The van der Waals surface area contributed by atoms with Crippen LogP contribution >= 0.6 is 0 Å². The van der Waals surface area contributed by atoms with Gasteiger partial charge in [-0.1, -0.05) is 44.2 Å². The maximum absolute atomic E-state index is 12.7. The number of para-hydroxylation sites is 1. The number of carbonyl (C=O) groups excluding carboxylic acids is 1. The summed E-state index contributed by atoms with van der Waals surface area (Å²) in [5.74, 6) is -1.75. The standard InChI is InChI=1S/C18H21NO3/c1-10(2)13-5-3-4-6-14(13)19-17(20)15-11-7-8-12(9-11)16(15)18(21)22/h3-8,10-12,15-16H,9H2,1-2H3,(H,19,20)(H,21,22)/t11-,12-,15+,16-/m0/s1. The summed E-state index contributed by atoms with van der Waals surface area (Å²) in [4.78, 5) is 24.2. The predicted octanol–water partition coefficient (Wildman–Crippen LogP) is 3.27. The van der Waals surface area contributed by atoms with Crippen molar-refractivity contribution in [3.8, 4) is 0 Å². The Kier molecular flexibility index (Phi) is 3.77. The van der Waals surface area contributed by atoms with Crippen molar-refractivity contribution in [2.75, 3.05) is 5.32 Å². The van der Waals surface area contributed by atoms with Gasteiger partial charge in [0.15, 0.2) is 0 Å². The summed E-state index contributed by atoms with van der Waals surface area (Å²) in [6.07, 6.45) is 4.74. The number of amides is 1. The summed E-state index contributed by atoms with van der Waals surface area (Å²) in [5, 5.41) is 12.4. The smallest absolute Gasteiger partial charge is 0.307 e. The first-order valence-corrected chi connectivity index (χ1v) is 7.80. The second-order valence-electron chi connectivity index (χ2n) is 6.57. The van der Waals surface area contributed by atoms with E-state index in [0.717, 1.165) is 17.7 Å². The van der Waals surface area contributed by atoms with Crippen LogP contribution in [0.2, 0.25) is 0 Å². The highest BCUT2D eigenvalue weighted by atomic mass is 16.4. The van der Waals surface area contributed by atoms with Crippen molar-refractivity contribution >= 4 is 17.6 Å². The highest BCUT2D eigenvalue weighted by Gasteiger charge is 2.51. The lowest BCUT2D eigenvalue weighted by molar-refractivity contribution is -0.146. The van der Waals surface area contributed by atoms with E-state index in [1.807, 2.05) is 36.4 Å². The van der Waals surface area contributed by atoms with Gasteiger partial charge >= 0.3 is 5.97 Å². The molecule has 1 amide bonds. The van der Waals surface area contributed by atoms with Gasteiger partial charge in [0.1, 0.15) is 0 Å². The summed E-state index contributed by atoms with van der Waals surface area (Å²) in [6.45, 7) is 4.15. The van der Waals surface area contributed by atoms with Crippen LogP contribution in [0.15, 0.2) is 36.4 Å². The lowest BCUT2D eigenvalue weighted by Crippen LogP contribution is -2.36. The Hall–Kier alpha value is -2.10. The molecule has 4 nitrogen and oxygen atoms in total. The number of hydrogen-bond donors (Lipinski definition) is 2. The highest BCUT2D eigenvalue weighted by molar-refractivity contribution is 5.97. The molecule has 1 saturated carbocycles. The third-order valence-electron chi connectivity index (χ3n) is 4.89. The van der Waals surface area contributed by atoms with Crippen LogP contribution in [0, 0.1) is 23.7 Å². The van der Waals surface area contributed by atoms with Crippen LogP contribution in [0.4, 0.5) is 5.69 Å². The minimum atomic E-state index is -0.867. The molecule has 3 rings (SSSR count). The number of nitrogens with one attached hydrogen (secondary N) is 1. The molecular weight excluding hydrogens is 278 g/mol. The molecule has 2 bridgehead atoms. The van der Waals surface area contributed by atoms with E-state index >= 15 is 0 Å². The van der Waals surface area contributed by atoms with Gasteiger partial charge in [-0.15, -0.1) is 0 Å². The molecular formula is C18H21NO3. The number of rotatable bonds is 4. The third kappa shape index (κ3) is 2.43. The second kappa shape index (κ2) is 5.59. The average molecular weight is 299 g/mol. The lowest BCUT2D eigenvalue weighted by atomic mass is 9.82. The largest absolute Gasteiger partial charge is 0.481 e. The first kappa shape index (κ1) is 14.8. The molecule has 2 N–H and O–H groups in total. The third-order valence-corrected chi connectivity index (χ3v) is 4.89. The molecule has 22 heavy (non-hydrogen) atoms. The quantitative estimate of drug-likeness (QED) is 0.839. The number of anilines is 1. The molecule has 1 fully saturated rings. The molecule has 0 aliphatic heterocycles. The maximum Gasteiger partial charge on any atom is 0.307 e. The number of carboxylic acid groups (broad SMARTS) is 1. The maximum atomic E-state index is 12.7. The zero-order chi connectivity index (χ0) is 15.9. The highest BCUT2D eigenvalue weighted by Crippen LogP contribution is 2.48. The number of allylic oxidation sites excluding steroid dienone is 2. The fourth-order valence-electron chi connectivity index (χ4n) is 3.85. The van der Waals surface area contributed by atoms with Gasteiger partial charge in [0.25, 0.3) is 0 Å². The Morgan fingerprint density at radius 3 is 2.41 bits per heavy atom. The van der Waals surface area contributed by atoms with Gasteiger partial charge < -0.3 is 10.4 Å². The van der Waals surface area contributed by atoms with E-state index in [9.17, 15) is 14.7 Å². The van der Waals surface area contributed by atoms with Crippen molar-refractivity contribution in [1.82, 2.24) is 0 Å². The van der Waals surface area contributed by atoms with Crippen molar-refractivity contribution in [2.24, 2.45) is 23.7 Å². The average Bonchev–Trinajstić information content (AvgIpc) is 3.08. The van der Waals surface area contributed by atoms with E-state index in [1.165, 1.54) is 0 Å². The van der Waals surface area contributed by atoms with Gasteiger partial charge in [-0.3, -0.25) is 9.59 Å². The number of carboxylic acids is 1. The van der Waals surface area contributed by atoms with E-state index in [0.29, 0.717) is 5.92 Å². The molecule has 0 spiro atoms. The van der Waals surface area contributed by atoms with Gasteiger partial charge in [-0.25, -0.2) is 0 Å². The van der Waals surface area contributed by atoms with Gasteiger partial charge in [0.05, 0.1) is 11.8 Å². The predicted molar refractivity (Wildman–Crippen MR) is 84.5 cm³/mol. The molecule has 0 aromatic heterocycles. The van der Waals surface area contributed by atoms with Crippen molar-refractivity contribution in [2.45, 2.75) is 26.2 Å². The van der Waals surface area contributed by atoms with Crippen LogP contribution in [0.5, 0.6) is 0 Å². The fourth-order valence-corrected chi connectivity index (χ4v) is 3.85. The van der Waals surface area contributed by atoms with Crippen molar-refractivity contribution in [3.05, 3.63) is 42.0 Å². The molecule has 0 unspecified atom stereocenters. The molecule has 0 radical (unpaired) electrons. The molecule has 0 saturated heterocycles. The molecule has 4 heteroatoms. The molecule has 0 heterocycles. The Bertz CT molecular complexity index is 635. The Labute approximate surface area is 130 Å². The van der Waals surface area contributed by atoms with Crippen LogP contribution in [0.1, 0.15) is 31.7 Å². The molecule has 1 aromatic rings. The van der Waals surface area contributed by atoms with Crippen LogP contribution in [0.3, 0.4) is 0 Å². The second-order valence-corrected chi connectivity index (χ2v) is 6.57. The minimum absolute atomic E-state index is 0.00130. The van der Waals surface area contributed by atoms with E-state index in [2.05, 4.69) is 19.2 Å². The van der Waals surface area contributed by atoms with E-state index in [-0.39, 0.29) is 17.7 Å². The Morgan fingerprint density at radius 1 is 1.14 bits per heavy atom. The van der Waals surface area contributed by atoms with Crippen molar-refractivity contribution in [3.63, 3.8) is 0 Å². The van der Waals surface area contributed by atoms with Gasteiger partial charge in [-0.2, -0.15) is 0 Å². The van der Waals surface area contributed by atoms with Gasteiger partial charge in [0.2, 0.25) is 5.91 Å². The van der Waals surface area contributed by atoms with Crippen molar-refractivity contribution in [1.29, 1.82) is 0 Å². The summed E-state index contributed by atoms with van der Waals surface area (Å²) in [5.41, 5.74) is 1.86. The Morgan fingerprint density at radius 2 is 1.77 bits per heavy atom. The SMILES string of the molecule is CC(C)c1ccccc1NC(=O)[C@H]1[C@@H](C(=O)O)[C@H]2C=C[C@H]1C2. The first-order valence-electron chi connectivity index (χ1n) is 7.80. The number of carbonyl (C=O) groups is 2. The molecule has 4 atom stereocenters. The van der Waals surface area contributed by atoms with E-state index < -0.39 is 17.8 Å². The summed E-state index contributed by atoms with van der Waals surface area (Å²) in [6, 6.07) is 7.71. The van der Waals surface area contributed by atoms with Crippen LogP contribution < -0.4 is 5.32 Å². The fraction of sp³-hybridized carbons (Fsp3) is 0.444. The zero-order valence-electron chi connectivity index (χ0n) is 12.8. The molecule has 1 aromatic carbocycles. The van der Waals surface area contributed by atoms with Crippen LogP contribution in [-0.2, 0) is 9.59 Å². The lowest BCUT2D eigenvalue weighted by Gasteiger charge is -2.24. The van der Waals surface area contributed by atoms with Crippen molar-refractivity contribution < 1.29 is 14.7 Å². The number of hydrogen-bond acceptors (Lipinski definition) is 2. The summed E-state index contributed by atoms with van der Waals surface area (Å²) in [7, 11) is 0. The van der Waals surface area contributed by atoms with E-state index in [4.69, 9.17) is 0 Å². The van der Waals surface area contributed by atoms with Gasteiger partial charge in [0, 0.05) is 5.69 Å². The minimum Gasteiger partial charge on any atom is -0.481 e. The Balaban J connectivity index is 1.83. The number of aliphatic carboxylic acids is 1. The normalized spacial score (nSPS) is 29.0. The first-order chi connectivity index (χ1) is 10.5. The van der Waals surface area contributed by atoms with Gasteiger partial charge in [-0.05, 0) is 35.8 Å². The summed E-state index contributed by atoms with van der Waals surface area (Å²) >= 11 is 0. The van der Waals surface area contributed by atoms with Crippen LogP contribution in [0.25, 0.3) is 0 Å². The monoisotopic (exact) mass is 299 g/mol. The van der Waals surface area contributed by atoms with E-state index in [1.54, 1.807) is 0 Å². The molecule has 2 aliphatic rings. The van der Waals surface area contributed by atoms with Crippen LogP contribution in [-0.4, -0.2) is 17.0 Å². The topological polar surface area (TPSA) is 66.4 Å². The molecule has 116 valence electrons.